The third-order valence-electron chi connectivity index (χ3n) is 5.20. The van der Waals surface area contributed by atoms with Crippen LogP contribution < -0.4 is 10.1 Å². The number of benzene rings is 3. The lowest BCUT2D eigenvalue weighted by Crippen LogP contribution is -2.55. The molecule has 0 unspecified atom stereocenters. The first-order valence-electron chi connectivity index (χ1n) is 11.4. The van der Waals surface area contributed by atoms with E-state index < -0.39 is 29.9 Å². The number of amides is 2. The van der Waals surface area contributed by atoms with Gasteiger partial charge in [0.1, 0.15) is 6.04 Å². The fraction of sp³-hybridized carbons (Fsp3) is 0.286. The molecule has 0 aromatic heterocycles. The average Bonchev–Trinajstić information content (AvgIpc) is 2.80. The summed E-state index contributed by atoms with van der Waals surface area (Å²) < 4.78 is 20.5. The van der Waals surface area contributed by atoms with Gasteiger partial charge in [-0.2, -0.15) is 0 Å². The quantitative estimate of drug-likeness (QED) is 0.388. The van der Waals surface area contributed by atoms with E-state index in [9.17, 15) is 14.0 Å². The number of hydrogen-bond donors (Lipinski definition) is 1. The molecule has 0 bridgehead atoms. The van der Waals surface area contributed by atoms with Crippen LogP contribution in [0.2, 0.25) is 0 Å². The van der Waals surface area contributed by atoms with Crippen LogP contribution in [-0.2, 0) is 22.6 Å². The van der Waals surface area contributed by atoms with Crippen LogP contribution in [0.1, 0.15) is 31.9 Å². The first-order chi connectivity index (χ1) is 16.6. The van der Waals surface area contributed by atoms with Gasteiger partial charge in [0.15, 0.2) is 18.2 Å². The van der Waals surface area contributed by atoms with Gasteiger partial charge < -0.3 is 15.0 Å². The molecule has 3 rings (SSSR count). The molecule has 0 aliphatic rings. The van der Waals surface area contributed by atoms with E-state index in [0.29, 0.717) is 6.42 Å². The van der Waals surface area contributed by atoms with Crippen LogP contribution in [0, 0.1) is 5.82 Å². The van der Waals surface area contributed by atoms with Crippen molar-refractivity contribution in [3.8, 4) is 5.75 Å². The molecule has 2 amide bonds. The van der Waals surface area contributed by atoms with Gasteiger partial charge in [0.05, 0.1) is 0 Å². The second-order valence-electron chi connectivity index (χ2n) is 9.32. The van der Waals surface area contributed by atoms with E-state index >= 15 is 0 Å². The van der Waals surface area contributed by atoms with Gasteiger partial charge in [-0.15, -0.1) is 0 Å². The Kier molecular flexibility index (Phi) is 9.04. The highest BCUT2D eigenvalue weighted by Crippen LogP contribution is 2.20. The molecule has 184 valence electrons. The van der Waals surface area contributed by atoms with Crippen LogP contribution >= 0.6 is 15.9 Å². The van der Waals surface area contributed by atoms with Crippen molar-refractivity contribution in [1.82, 2.24) is 10.2 Å². The Morgan fingerprint density at radius 2 is 1.63 bits per heavy atom. The van der Waals surface area contributed by atoms with Gasteiger partial charge in [0.2, 0.25) is 5.91 Å². The number of ether oxygens (including phenoxy) is 1. The Hall–Kier alpha value is -3.19. The standard InChI is InChI=1S/C28H30BrFN2O3/c1-28(2,3)31-27(34)24(17-20-10-5-4-6-11-20)32(18-21-12-9-13-22(29)16-21)26(33)19-35-25-15-8-7-14-23(25)30/h4-16,24H,17-19H2,1-3H3,(H,31,34)/t24-/m0/s1. The normalized spacial score (nSPS) is 12.0. The zero-order valence-corrected chi connectivity index (χ0v) is 21.7. The number of rotatable bonds is 9. The minimum atomic E-state index is -0.799. The summed E-state index contributed by atoms with van der Waals surface area (Å²) in [5.74, 6) is -1.25. The smallest absolute Gasteiger partial charge is 0.261 e. The number of carbonyl (C=O) groups excluding carboxylic acids is 2. The Morgan fingerprint density at radius 1 is 0.971 bits per heavy atom. The zero-order chi connectivity index (χ0) is 25.4. The highest BCUT2D eigenvalue weighted by atomic mass is 79.9. The van der Waals surface area contributed by atoms with Crippen molar-refractivity contribution in [3.63, 3.8) is 0 Å². The summed E-state index contributed by atoms with van der Waals surface area (Å²) >= 11 is 3.47. The maximum absolute atomic E-state index is 14.1. The maximum Gasteiger partial charge on any atom is 0.261 e. The predicted octanol–water partition coefficient (Wildman–Crippen LogP) is 5.52. The molecule has 3 aromatic carbocycles. The molecular weight excluding hydrogens is 511 g/mol. The van der Waals surface area contributed by atoms with Gasteiger partial charge in [-0.3, -0.25) is 9.59 Å². The van der Waals surface area contributed by atoms with Crippen molar-refractivity contribution in [2.45, 2.75) is 45.3 Å². The minimum Gasteiger partial charge on any atom is -0.481 e. The summed E-state index contributed by atoms with van der Waals surface area (Å²) in [7, 11) is 0. The van der Waals surface area contributed by atoms with Crippen molar-refractivity contribution >= 4 is 27.7 Å². The summed E-state index contributed by atoms with van der Waals surface area (Å²) in [6.45, 7) is 5.47. The number of para-hydroxylation sites is 1. The fourth-order valence-electron chi connectivity index (χ4n) is 3.62. The van der Waals surface area contributed by atoms with Crippen molar-refractivity contribution in [2.24, 2.45) is 0 Å². The van der Waals surface area contributed by atoms with Crippen LogP contribution in [0.4, 0.5) is 4.39 Å². The van der Waals surface area contributed by atoms with E-state index in [1.165, 1.54) is 17.0 Å². The second kappa shape index (κ2) is 12.0. The Bertz CT molecular complexity index is 1150. The molecule has 1 N–H and O–H groups in total. The predicted molar refractivity (Wildman–Crippen MR) is 138 cm³/mol. The Balaban J connectivity index is 1.94. The number of nitrogens with zero attached hydrogens (tertiary/aromatic N) is 1. The van der Waals surface area contributed by atoms with Crippen LogP contribution in [0.3, 0.4) is 0 Å². The van der Waals surface area contributed by atoms with Crippen molar-refractivity contribution in [2.75, 3.05) is 6.61 Å². The fourth-order valence-corrected chi connectivity index (χ4v) is 4.07. The zero-order valence-electron chi connectivity index (χ0n) is 20.1. The van der Waals surface area contributed by atoms with E-state index in [-0.39, 0.29) is 18.2 Å². The molecule has 0 radical (unpaired) electrons. The van der Waals surface area contributed by atoms with Crippen LogP contribution in [0.5, 0.6) is 5.75 Å². The summed E-state index contributed by atoms with van der Waals surface area (Å²) in [5.41, 5.74) is 1.28. The molecular formula is C28H30BrFN2O3. The highest BCUT2D eigenvalue weighted by Gasteiger charge is 2.32. The van der Waals surface area contributed by atoms with Gasteiger partial charge in [-0.05, 0) is 56.2 Å². The molecule has 1 atom stereocenters. The lowest BCUT2D eigenvalue weighted by molar-refractivity contribution is -0.143. The van der Waals surface area contributed by atoms with E-state index in [1.54, 1.807) is 12.1 Å². The van der Waals surface area contributed by atoms with E-state index in [0.717, 1.165) is 15.6 Å². The molecule has 0 aliphatic heterocycles. The first kappa shape index (κ1) is 26.4. The summed E-state index contributed by atoms with van der Waals surface area (Å²) in [4.78, 5) is 28.5. The van der Waals surface area contributed by atoms with Gasteiger partial charge in [-0.25, -0.2) is 4.39 Å². The van der Waals surface area contributed by atoms with Crippen molar-refractivity contribution in [3.05, 3.63) is 100 Å². The molecule has 3 aromatic rings. The molecule has 0 fully saturated rings. The second-order valence-corrected chi connectivity index (χ2v) is 10.2. The topological polar surface area (TPSA) is 58.6 Å². The third kappa shape index (κ3) is 8.21. The number of hydrogen-bond acceptors (Lipinski definition) is 3. The van der Waals surface area contributed by atoms with Gasteiger partial charge in [-0.1, -0.05) is 70.5 Å². The lowest BCUT2D eigenvalue weighted by Gasteiger charge is -2.33. The molecule has 0 spiro atoms. The van der Waals surface area contributed by atoms with Crippen molar-refractivity contribution < 1.29 is 18.7 Å². The minimum absolute atomic E-state index is 0.0120. The molecule has 0 saturated carbocycles. The SMILES string of the molecule is CC(C)(C)NC(=O)[C@H](Cc1ccccc1)N(Cc1cccc(Br)c1)C(=O)COc1ccccc1F. The molecule has 35 heavy (non-hydrogen) atoms. The van der Waals surface area contributed by atoms with Gasteiger partial charge >= 0.3 is 0 Å². The van der Waals surface area contributed by atoms with Crippen LogP contribution in [0.25, 0.3) is 0 Å². The molecule has 5 nitrogen and oxygen atoms in total. The van der Waals surface area contributed by atoms with Gasteiger partial charge in [0, 0.05) is 23.0 Å². The van der Waals surface area contributed by atoms with E-state index in [2.05, 4.69) is 21.2 Å². The number of halogens is 2. The highest BCUT2D eigenvalue weighted by molar-refractivity contribution is 9.10. The molecule has 0 saturated heterocycles. The number of carbonyl (C=O) groups is 2. The summed E-state index contributed by atoms with van der Waals surface area (Å²) in [6.07, 6.45) is 0.322. The lowest BCUT2D eigenvalue weighted by atomic mass is 10.0. The van der Waals surface area contributed by atoms with Crippen molar-refractivity contribution in [1.29, 1.82) is 0 Å². The van der Waals surface area contributed by atoms with Crippen LogP contribution in [0.15, 0.2) is 83.3 Å². The third-order valence-corrected chi connectivity index (χ3v) is 5.69. The largest absolute Gasteiger partial charge is 0.481 e. The molecule has 7 heteroatoms. The Labute approximate surface area is 214 Å². The molecule has 0 heterocycles. The van der Waals surface area contributed by atoms with E-state index in [1.807, 2.05) is 75.4 Å². The first-order valence-corrected chi connectivity index (χ1v) is 12.2. The van der Waals surface area contributed by atoms with Gasteiger partial charge in [0.25, 0.3) is 5.91 Å². The average molecular weight is 541 g/mol. The number of nitrogens with one attached hydrogen (secondary N) is 1. The Morgan fingerprint density at radius 3 is 2.29 bits per heavy atom. The van der Waals surface area contributed by atoms with E-state index in [4.69, 9.17) is 4.74 Å². The summed E-state index contributed by atoms with van der Waals surface area (Å²) in [6, 6.07) is 22.2. The molecule has 0 aliphatic carbocycles. The summed E-state index contributed by atoms with van der Waals surface area (Å²) in [5, 5.41) is 3.01. The monoisotopic (exact) mass is 540 g/mol. The maximum atomic E-state index is 14.1. The van der Waals surface area contributed by atoms with Crippen LogP contribution in [-0.4, -0.2) is 34.9 Å².